The van der Waals surface area contributed by atoms with E-state index in [0.29, 0.717) is 6.42 Å². The second-order valence-electron chi connectivity index (χ2n) is 4.68. The maximum Gasteiger partial charge on any atom is 0.422 e. The monoisotopic (exact) mass is 214 g/mol. The highest BCUT2D eigenvalue weighted by Crippen LogP contribution is 2.13. The van der Waals surface area contributed by atoms with Crippen molar-refractivity contribution in [2.24, 2.45) is 0 Å². The Kier molecular flexibility index (Phi) is 3.68. The van der Waals surface area contributed by atoms with Gasteiger partial charge in [-0.05, 0) is 33.6 Å². The number of hydrogen-bond donors (Lipinski definition) is 2. The van der Waals surface area contributed by atoms with Crippen molar-refractivity contribution in [2.45, 2.75) is 51.7 Å². The van der Waals surface area contributed by atoms with Gasteiger partial charge in [-0.2, -0.15) is 0 Å². The fourth-order valence-corrected chi connectivity index (χ4v) is 1.42. The van der Waals surface area contributed by atoms with Gasteiger partial charge < -0.3 is 4.74 Å². The highest BCUT2D eigenvalue weighted by Gasteiger charge is 2.25. The molecule has 1 amide bonds. The van der Waals surface area contributed by atoms with Gasteiger partial charge in [0.05, 0.1) is 6.04 Å². The van der Waals surface area contributed by atoms with Crippen LogP contribution in [0.25, 0.3) is 0 Å². The van der Waals surface area contributed by atoms with Crippen molar-refractivity contribution in [1.82, 2.24) is 10.9 Å². The third-order valence-corrected chi connectivity index (χ3v) is 2.05. The lowest BCUT2D eigenvalue weighted by Crippen LogP contribution is -2.47. The summed E-state index contributed by atoms with van der Waals surface area (Å²) < 4.78 is 5.01. The third-order valence-electron chi connectivity index (χ3n) is 2.05. The standard InChI is InChI=1S/C10H18N2O3/c1-10(2,3)15-9(14)12-11-7-5-4-6-8(7)13/h7,11H,4-6H2,1-3H3,(H,12,14). The number of amides is 1. The first kappa shape index (κ1) is 12.0. The molecule has 0 aromatic heterocycles. The van der Waals surface area contributed by atoms with Crippen LogP contribution in [0.1, 0.15) is 40.0 Å². The molecule has 1 aliphatic rings. The van der Waals surface area contributed by atoms with Gasteiger partial charge in [0, 0.05) is 6.42 Å². The van der Waals surface area contributed by atoms with Gasteiger partial charge in [0.1, 0.15) is 5.60 Å². The van der Waals surface area contributed by atoms with Gasteiger partial charge in [0.15, 0.2) is 5.78 Å². The van der Waals surface area contributed by atoms with Gasteiger partial charge in [-0.1, -0.05) is 0 Å². The number of ether oxygens (including phenoxy) is 1. The van der Waals surface area contributed by atoms with Crippen LogP contribution in [0, 0.1) is 0 Å². The van der Waals surface area contributed by atoms with Crippen LogP contribution in [-0.4, -0.2) is 23.5 Å². The molecule has 0 spiro atoms. The molecule has 0 bridgehead atoms. The van der Waals surface area contributed by atoms with Gasteiger partial charge in [-0.25, -0.2) is 10.2 Å². The molecule has 1 fully saturated rings. The molecule has 15 heavy (non-hydrogen) atoms. The average Bonchev–Trinajstić information content (AvgIpc) is 2.44. The molecule has 5 nitrogen and oxygen atoms in total. The molecule has 5 heteroatoms. The lowest BCUT2D eigenvalue weighted by Gasteiger charge is -2.20. The minimum atomic E-state index is -0.554. The van der Waals surface area contributed by atoms with E-state index in [9.17, 15) is 9.59 Å². The second-order valence-corrected chi connectivity index (χ2v) is 4.68. The fourth-order valence-electron chi connectivity index (χ4n) is 1.42. The topological polar surface area (TPSA) is 67.4 Å². The minimum Gasteiger partial charge on any atom is -0.443 e. The molecule has 1 rings (SSSR count). The normalized spacial score (nSPS) is 21.5. The van der Waals surface area contributed by atoms with Crippen molar-refractivity contribution in [1.29, 1.82) is 0 Å². The summed E-state index contributed by atoms with van der Waals surface area (Å²) >= 11 is 0. The second kappa shape index (κ2) is 4.61. The summed E-state index contributed by atoms with van der Waals surface area (Å²) in [5, 5.41) is 0. The third kappa shape index (κ3) is 4.29. The van der Waals surface area contributed by atoms with Gasteiger partial charge in [-0.15, -0.1) is 0 Å². The Labute approximate surface area is 89.5 Å². The maximum absolute atomic E-state index is 11.2. The Morgan fingerprint density at radius 3 is 2.60 bits per heavy atom. The molecular formula is C10H18N2O3. The van der Waals surface area contributed by atoms with Crippen molar-refractivity contribution < 1.29 is 14.3 Å². The minimum absolute atomic E-state index is 0.144. The van der Waals surface area contributed by atoms with Gasteiger partial charge in [0.2, 0.25) is 0 Å². The van der Waals surface area contributed by atoms with E-state index < -0.39 is 11.7 Å². The predicted octanol–water partition coefficient (Wildman–Crippen LogP) is 1.14. The summed E-state index contributed by atoms with van der Waals surface area (Å²) in [6.07, 6.45) is 1.69. The molecule has 0 aromatic rings. The molecule has 0 heterocycles. The number of rotatable bonds is 2. The number of nitrogens with one attached hydrogen (secondary N) is 2. The average molecular weight is 214 g/mol. The van der Waals surface area contributed by atoms with E-state index in [2.05, 4.69) is 10.9 Å². The molecule has 86 valence electrons. The van der Waals surface area contributed by atoms with E-state index in [4.69, 9.17) is 4.74 Å². The highest BCUT2D eigenvalue weighted by molar-refractivity contribution is 5.86. The molecule has 2 N–H and O–H groups in total. The van der Waals surface area contributed by atoms with Gasteiger partial charge in [0.25, 0.3) is 0 Å². The Balaban J connectivity index is 2.25. The number of carbonyl (C=O) groups excluding carboxylic acids is 2. The van der Waals surface area contributed by atoms with E-state index in [1.165, 1.54) is 0 Å². The van der Waals surface area contributed by atoms with Crippen molar-refractivity contribution in [3.05, 3.63) is 0 Å². The number of Topliss-reactive ketones (excluding diaryl/α,β-unsaturated/α-hetero) is 1. The molecule has 0 saturated heterocycles. The maximum atomic E-state index is 11.2. The number of carbonyl (C=O) groups is 2. The van der Waals surface area contributed by atoms with Crippen LogP contribution in [-0.2, 0) is 9.53 Å². The Morgan fingerprint density at radius 1 is 1.47 bits per heavy atom. The van der Waals surface area contributed by atoms with Crippen LogP contribution in [0.15, 0.2) is 0 Å². The van der Waals surface area contributed by atoms with E-state index >= 15 is 0 Å². The van der Waals surface area contributed by atoms with Crippen molar-refractivity contribution >= 4 is 11.9 Å². The van der Waals surface area contributed by atoms with Gasteiger partial charge in [-0.3, -0.25) is 10.2 Å². The zero-order valence-corrected chi connectivity index (χ0v) is 9.42. The van der Waals surface area contributed by atoms with Crippen LogP contribution in [0.4, 0.5) is 4.79 Å². The molecular weight excluding hydrogens is 196 g/mol. The zero-order valence-electron chi connectivity index (χ0n) is 9.42. The summed E-state index contributed by atoms with van der Waals surface area (Å²) in [4.78, 5) is 22.4. The van der Waals surface area contributed by atoms with Gasteiger partial charge >= 0.3 is 6.09 Å². The summed E-state index contributed by atoms with van der Waals surface area (Å²) in [6, 6.07) is -0.252. The highest BCUT2D eigenvalue weighted by atomic mass is 16.6. The molecule has 0 aromatic carbocycles. The largest absolute Gasteiger partial charge is 0.443 e. The zero-order chi connectivity index (χ0) is 11.5. The smallest absolute Gasteiger partial charge is 0.422 e. The molecule has 1 atom stereocenters. The van der Waals surface area contributed by atoms with Crippen LogP contribution in [0.3, 0.4) is 0 Å². The van der Waals surface area contributed by atoms with Crippen molar-refractivity contribution in [3.63, 3.8) is 0 Å². The number of ketones is 1. The first-order chi connectivity index (χ1) is 6.88. The van der Waals surface area contributed by atoms with Crippen molar-refractivity contribution in [3.8, 4) is 0 Å². The number of hydrogen-bond acceptors (Lipinski definition) is 4. The first-order valence-electron chi connectivity index (χ1n) is 5.16. The van der Waals surface area contributed by atoms with E-state index in [-0.39, 0.29) is 11.8 Å². The Hall–Kier alpha value is -1.10. The Morgan fingerprint density at radius 2 is 2.13 bits per heavy atom. The van der Waals surface area contributed by atoms with Crippen LogP contribution in [0.2, 0.25) is 0 Å². The van der Waals surface area contributed by atoms with E-state index in [1.54, 1.807) is 20.8 Å². The summed E-state index contributed by atoms with van der Waals surface area (Å²) in [5.41, 5.74) is 4.54. The molecule has 1 saturated carbocycles. The molecule has 1 unspecified atom stereocenters. The number of hydrazine groups is 1. The van der Waals surface area contributed by atoms with Crippen LogP contribution >= 0.6 is 0 Å². The molecule has 0 aliphatic heterocycles. The van der Waals surface area contributed by atoms with E-state index in [0.717, 1.165) is 12.8 Å². The quantitative estimate of drug-likeness (QED) is 0.676. The fraction of sp³-hybridized carbons (Fsp3) is 0.800. The molecule has 0 radical (unpaired) electrons. The van der Waals surface area contributed by atoms with E-state index in [1.807, 2.05) is 0 Å². The molecule has 1 aliphatic carbocycles. The van der Waals surface area contributed by atoms with Crippen LogP contribution < -0.4 is 10.9 Å². The lowest BCUT2D eigenvalue weighted by atomic mass is 10.2. The predicted molar refractivity (Wildman–Crippen MR) is 55.2 cm³/mol. The summed E-state index contributed by atoms with van der Waals surface area (Å²) in [5.74, 6) is 0.144. The Bertz CT molecular complexity index is 258. The first-order valence-corrected chi connectivity index (χ1v) is 5.16. The lowest BCUT2D eigenvalue weighted by molar-refractivity contribution is -0.119. The van der Waals surface area contributed by atoms with Crippen LogP contribution in [0.5, 0.6) is 0 Å². The summed E-state index contributed by atoms with van der Waals surface area (Å²) in [7, 11) is 0. The SMILES string of the molecule is CC(C)(C)OC(=O)NNC1CCCC1=O. The summed E-state index contributed by atoms with van der Waals surface area (Å²) in [6.45, 7) is 5.36. The van der Waals surface area contributed by atoms with Crippen molar-refractivity contribution in [2.75, 3.05) is 0 Å².